The van der Waals surface area contributed by atoms with Crippen molar-refractivity contribution < 1.29 is 18.7 Å². The first-order valence-electron chi connectivity index (χ1n) is 11.7. The smallest absolute Gasteiger partial charge is 0.414 e. The monoisotopic (exact) mass is 474 g/mol. The van der Waals surface area contributed by atoms with Crippen molar-refractivity contribution in [2.24, 2.45) is 0 Å². The Bertz CT molecular complexity index is 1020. The summed E-state index contributed by atoms with van der Waals surface area (Å²) in [5.41, 5.74) is 0.933. The fraction of sp³-hybridized carbons (Fsp3) is 0.591. The second kappa shape index (κ2) is 10.2. The molecule has 0 spiro atoms. The first kappa shape index (κ1) is 23.7. The molecular weight excluding hydrogens is 443 g/mol. The zero-order valence-corrected chi connectivity index (χ0v) is 19.8. The lowest BCUT2D eigenvalue weighted by atomic mass is 10.0. The topological polar surface area (TPSA) is 109 Å². The quantitative estimate of drug-likeness (QED) is 0.619. The molecule has 2 fully saturated rings. The van der Waals surface area contributed by atoms with Crippen LogP contribution in [0.15, 0.2) is 18.2 Å². The number of nitrogens with zero attached hydrogens (tertiary/aromatic N) is 7. The molecule has 2 aromatic rings. The van der Waals surface area contributed by atoms with E-state index in [-0.39, 0.29) is 25.0 Å². The van der Waals surface area contributed by atoms with Gasteiger partial charge in [-0.3, -0.25) is 9.69 Å². The van der Waals surface area contributed by atoms with Crippen LogP contribution in [0.25, 0.3) is 0 Å². The van der Waals surface area contributed by atoms with Crippen LogP contribution in [0.3, 0.4) is 0 Å². The van der Waals surface area contributed by atoms with Crippen LogP contribution in [0.2, 0.25) is 0 Å². The number of amides is 2. The Labute approximate surface area is 197 Å². The van der Waals surface area contributed by atoms with Crippen LogP contribution in [0.1, 0.15) is 39.7 Å². The Hall–Kier alpha value is -3.44. The summed E-state index contributed by atoms with van der Waals surface area (Å²) >= 11 is 0. The first-order chi connectivity index (χ1) is 16.4. The van der Waals surface area contributed by atoms with Crippen LogP contribution in [0.5, 0.6) is 0 Å². The van der Waals surface area contributed by atoms with Crippen molar-refractivity contribution in [3.63, 3.8) is 0 Å². The van der Waals surface area contributed by atoms with Crippen molar-refractivity contribution >= 4 is 29.3 Å². The highest BCUT2D eigenvalue weighted by Crippen LogP contribution is 2.31. The highest BCUT2D eigenvalue weighted by molar-refractivity contribution is 5.90. The minimum absolute atomic E-state index is 0.121. The van der Waals surface area contributed by atoms with Gasteiger partial charge in [-0.25, -0.2) is 9.18 Å². The summed E-state index contributed by atoms with van der Waals surface area (Å²) in [7, 11) is 0. The molecule has 2 saturated heterocycles. The SMILES string of the molecule is CCN(CC)c1nnn(C2CCN(c3ccc(N4C[C@H](CNC(C)=O)OC4=O)cc3F)CC2)n1. The maximum absolute atomic E-state index is 15.0. The van der Waals surface area contributed by atoms with Crippen molar-refractivity contribution in [3.05, 3.63) is 24.0 Å². The Morgan fingerprint density at radius 1 is 1.26 bits per heavy atom. The third-order valence-corrected chi connectivity index (χ3v) is 6.29. The number of piperidine rings is 1. The molecule has 3 heterocycles. The van der Waals surface area contributed by atoms with E-state index >= 15 is 4.39 Å². The van der Waals surface area contributed by atoms with Gasteiger partial charge in [-0.2, -0.15) is 4.80 Å². The van der Waals surface area contributed by atoms with Crippen LogP contribution in [0, 0.1) is 5.82 Å². The van der Waals surface area contributed by atoms with Gasteiger partial charge in [0, 0.05) is 33.1 Å². The molecule has 12 heteroatoms. The van der Waals surface area contributed by atoms with E-state index in [9.17, 15) is 9.59 Å². The lowest BCUT2D eigenvalue weighted by Gasteiger charge is -2.33. The zero-order chi connectivity index (χ0) is 24.2. The lowest BCUT2D eigenvalue weighted by Crippen LogP contribution is -2.36. The molecule has 0 radical (unpaired) electrons. The summed E-state index contributed by atoms with van der Waals surface area (Å²) in [6, 6.07) is 4.90. The van der Waals surface area contributed by atoms with Gasteiger partial charge in [0.15, 0.2) is 0 Å². The first-order valence-corrected chi connectivity index (χ1v) is 11.7. The fourth-order valence-electron chi connectivity index (χ4n) is 4.36. The molecule has 34 heavy (non-hydrogen) atoms. The van der Waals surface area contributed by atoms with Gasteiger partial charge in [-0.1, -0.05) is 5.10 Å². The van der Waals surface area contributed by atoms with E-state index in [4.69, 9.17) is 4.74 Å². The molecule has 184 valence electrons. The number of aromatic nitrogens is 4. The number of hydrogen-bond acceptors (Lipinski definition) is 8. The van der Waals surface area contributed by atoms with Gasteiger partial charge in [0.25, 0.3) is 5.95 Å². The summed E-state index contributed by atoms with van der Waals surface area (Å²) in [4.78, 5) is 30.4. The molecule has 2 aliphatic heterocycles. The van der Waals surface area contributed by atoms with E-state index in [1.165, 1.54) is 17.9 Å². The molecule has 11 nitrogen and oxygen atoms in total. The van der Waals surface area contributed by atoms with E-state index in [1.54, 1.807) is 16.9 Å². The third-order valence-electron chi connectivity index (χ3n) is 6.29. The number of tetrazole rings is 1. The zero-order valence-electron chi connectivity index (χ0n) is 19.8. The van der Waals surface area contributed by atoms with Gasteiger partial charge in [-0.05, 0) is 50.1 Å². The summed E-state index contributed by atoms with van der Waals surface area (Å²) in [6.45, 7) is 8.95. The van der Waals surface area contributed by atoms with Crippen LogP contribution in [0.4, 0.5) is 26.5 Å². The average molecular weight is 475 g/mol. The molecule has 0 aliphatic carbocycles. The van der Waals surface area contributed by atoms with E-state index in [1.807, 2.05) is 9.80 Å². The minimum atomic E-state index is -0.548. The molecule has 1 aromatic carbocycles. The standard InChI is InChI=1S/C22H31FN8O3/c1-4-28(5-2)21-25-27-31(26-21)16-8-10-29(11-9-16)20-7-6-17(12-19(20)23)30-14-18(34-22(30)33)13-24-15(3)32/h6-7,12,16,18H,4-5,8-11,13-14H2,1-3H3,(H,24,32)/t18-/m0/s1. The molecule has 0 unspecified atom stereocenters. The predicted octanol–water partition coefficient (Wildman–Crippen LogP) is 1.96. The van der Waals surface area contributed by atoms with Gasteiger partial charge < -0.3 is 19.9 Å². The maximum Gasteiger partial charge on any atom is 0.414 e. The highest BCUT2D eigenvalue weighted by atomic mass is 19.1. The number of carbonyl (C=O) groups excluding carboxylic acids is 2. The minimum Gasteiger partial charge on any atom is -0.442 e. The molecule has 2 amide bonds. The largest absolute Gasteiger partial charge is 0.442 e. The van der Waals surface area contributed by atoms with Gasteiger partial charge in [0.2, 0.25) is 5.91 Å². The number of carbonyl (C=O) groups is 2. The molecule has 0 saturated carbocycles. The number of hydrogen-bond donors (Lipinski definition) is 1. The van der Waals surface area contributed by atoms with E-state index < -0.39 is 18.0 Å². The maximum atomic E-state index is 15.0. The average Bonchev–Trinajstić information content (AvgIpc) is 3.46. The van der Waals surface area contributed by atoms with Crippen LogP contribution in [-0.2, 0) is 9.53 Å². The summed E-state index contributed by atoms with van der Waals surface area (Å²) in [5, 5.41) is 15.6. The number of ether oxygens (including phenoxy) is 1. The van der Waals surface area contributed by atoms with Crippen molar-refractivity contribution in [1.29, 1.82) is 0 Å². The second-order valence-corrected chi connectivity index (χ2v) is 8.49. The number of rotatable bonds is 8. The third kappa shape index (κ3) is 5.05. The van der Waals surface area contributed by atoms with Gasteiger partial charge in [0.1, 0.15) is 11.9 Å². The lowest BCUT2D eigenvalue weighted by molar-refractivity contribution is -0.119. The van der Waals surface area contributed by atoms with E-state index in [0.717, 1.165) is 25.9 Å². The summed E-state index contributed by atoms with van der Waals surface area (Å²) in [5.74, 6) is 0.0446. The van der Waals surface area contributed by atoms with Gasteiger partial charge in [-0.15, -0.1) is 5.10 Å². The van der Waals surface area contributed by atoms with Crippen LogP contribution >= 0.6 is 0 Å². The fourth-order valence-corrected chi connectivity index (χ4v) is 4.36. The van der Waals surface area contributed by atoms with Crippen molar-refractivity contribution in [1.82, 2.24) is 25.5 Å². The number of anilines is 3. The van der Waals surface area contributed by atoms with E-state index in [2.05, 4.69) is 34.6 Å². The second-order valence-electron chi connectivity index (χ2n) is 8.49. The molecule has 1 aromatic heterocycles. The highest BCUT2D eigenvalue weighted by Gasteiger charge is 2.33. The Morgan fingerprint density at radius 2 is 2.00 bits per heavy atom. The molecule has 1 N–H and O–H groups in total. The van der Waals surface area contributed by atoms with Crippen molar-refractivity contribution in [2.75, 3.05) is 54.0 Å². The molecular formula is C22H31FN8O3. The molecule has 0 bridgehead atoms. The normalized spacial score (nSPS) is 18.8. The van der Waals surface area contributed by atoms with Gasteiger partial charge in [0.05, 0.1) is 30.5 Å². The van der Waals surface area contributed by atoms with Crippen molar-refractivity contribution in [3.8, 4) is 0 Å². The summed E-state index contributed by atoms with van der Waals surface area (Å²) in [6.07, 6.45) is 0.537. The Kier molecular flexibility index (Phi) is 7.13. The van der Waals surface area contributed by atoms with Crippen molar-refractivity contribution in [2.45, 2.75) is 45.8 Å². The number of nitrogens with one attached hydrogen (secondary N) is 1. The number of cyclic esters (lactones) is 1. The molecule has 4 rings (SSSR count). The van der Waals surface area contributed by atoms with Crippen LogP contribution in [-0.4, -0.2) is 77.6 Å². The number of halogens is 1. The van der Waals surface area contributed by atoms with Crippen LogP contribution < -0.4 is 20.0 Å². The van der Waals surface area contributed by atoms with E-state index in [0.29, 0.717) is 30.4 Å². The Morgan fingerprint density at radius 3 is 2.65 bits per heavy atom. The van der Waals surface area contributed by atoms with Gasteiger partial charge >= 0.3 is 6.09 Å². The summed E-state index contributed by atoms with van der Waals surface area (Å²) < 4.78 is 20.3. The molecule has 2 aliphatic rings. The predicted molar refractivity (Wildman–Crippen MR) is 125 cm³/mol. The Balaban J connectivity index is 1.36. The number of benzene rings is 1. The molecule has 1 atom stereocenters.